The molecule has 0 aliphatic carbocycles. The molecule has 2 unspecified atom stereocenters. The van der Waals surface area contributed by atoms with E-state index in [4.69, 9.17) is 5.73 Å². The zero-order valence-electron chi connectivity index (χ0n) is 15.4. The number of amides is 3. The van der Waals surface area contributed by atoms with E-state index in [1.807, 2.05) is 18.2 Å². The summed E-state index contributed by atoms with van der Waals surface area (Å²) in [5.74, 6) is -0.733. The van der Waals surface area contributed by atoms with Gasteiger partial charge in [-0.3, -0.25) is 24.6 Å². The number of fused-ring (bicyclic) bond motifs is 1. The van der Waals surface area contributed by atoms with Gasteiger partial charge in [-0.25, -0.2) is 0 Å². The maximum atomic E-state index is 13.2. The van der Waals surface area contributed by atoms with Crippen molar-refractivity contribution >= 4 is 17.7 Å². The highest BCUT2D eigenvalue weighted by Crippen LogP contribution is 2.31. The number of benzene rings is 1. The van der Waals surface area contributed by atoms with Gasteiger partial charge in [-0.05, 0) is 36.9 Å². The molecule has 0 saturated carbocycles. The molecule has 3 heterocycles. The molecule has 0 aromatic heterocycles. The van der Waals surface area contributed by atoms with Crippen LogP contribution in [0.25, 0.3) is 0 Å². The third-order valence-corrected chi connectivity index (χ3v) is 6.03. The Balaban J connectivity index is 1.56. The molecule has 3 aliphatic rings. The molecule has 2 atom stereocenters. The summed E-state index contributed by atoms with van der Waals surface area (Å²) in [5.41, 5.74) is 8.64. The number of likely N-dealkylation sites (tertiary alicyclic amines) is 1. The maximum absolute atomic E-state index is 13.2. The Kier molecular flexibility index (Phi) is 4.97. The predicted octanol–water partition coefficient (Wildman–Crippen LogP) is 0.761. The zero-order chi connectivity index (χ0) is 19.0. The number of piperidine rings is 2. The number of nitrogens with zero attached hydrogens (tertiary/aromatic N) is 2. The molecule has 0 spiro atoms. The van der Waals surface area contributed by atoms with Gasteiger partial charge in [0.05, 0.1) is 0 Å². The fourth-order valence-corrected chi connectivity index (χ4v) is 4.58. The van der Waals surface area contributed by atoms with Gasteiger partial charge in [0.15, 0.2) is 0 Å². The minimum atomic E-state index is -0.567. The van der Waals surface area contributed by atoms with Crippen molar-refractivity contribution in [2.75, 3.05) is 13.1 Å². The summed E-state index contributed by atoms with van der Waals surface area (Å²) < 4.78 is 0. The van der Waals surface area contributed by atoms with Gasteiger partial charge in [0.1, 0.15) is 6.04 Å². The van der Waals surface area contributed by atoms with Crippen LogP contribution in [-0.2, 0) is 22.7 Å². The van der Waals surface area contributed by atoms with Crippen molar-refractivity contribution in [1.29, 1.82) is 0 Å². The number of hydrogen-bond acceptors (Lipinski definition) is 5. The Bertz CT molecular complexity index is 778. The molecule has 2 fully saturated rings. The Morgan fingerprint density at radius 1 is 1.15 bits per heavy atom. The van der Waals surface area contributed by atoms with E-state index in [-0.39, 0.29) is 24.1 Å². The van der Waals surface area contributed by atoms with Crippen LogP contribution in [0.15, 0.2) is 18.2 Å². The molecule has 27 heavy (non-hydrogen) atoms. The summed E-state index contributed by atoms with van der Waals surface area (Å²) in [6.45, 7) is 2.76. The van der Waals surface area contributed by atoms with Gasteiger partial charge in [-0.1, -0.05) is 24.6 Å². The summed E-state index contributed by atoms with van der Waals surface area (Å²) >= 11 is 0. The standard InChI is InChI=1S/C20H26N4O3/c21-10-15-6-1-2-9-23(15)11-13-4-3-5-14-12-24(20(27)18(13)14)16-7-8-17(25)22-19(16)26/h3-5,15-16H,1-2,6-12,21H2,(H,22,25,26). The van der Waals surface area contributed by atoms with Crippen molar-refractivity contribution in [3.63, 3.8) is 0 Å². The van der Waals surface area contributed by atoms with Gasteiger partial charge >= 0.3 is 0 Å². The summed E-state index contributed by atoms with van der Waals surface area (Å²) in [4.78, 5) is 40.8. The first-order valence-electron chi connectivity index (χ1n) is 9.78. The first kappa shape index (κ1) is 18.1. The summed E-state index contributed by atoms with van der Waals surface area (Å²) in [7, 11) is 0. The molecular weight excluding hydrogens is 344 g/mol. The number of rotatable bonds is 4. The van der Waals surface area contributed by atoms with Crippen LogP contribution in [-0.4, -0.2) is 52.7 Å². The molecule has 7 nitrogen and oxygen atoms in total. The van der Waals surface area contributed by atoms with E-state index in [1.165, 1.54) is 6.42 Å². The van der Waals surface area contributed by atoms with Crippen molar-refractivity contribution in [2.24, 2.45) is 5.73 Å². The molecular formula is C20H26N4O3. The largest absolute Gasteiger partial charge is 0.329 e. The van der Waals surface area contributed by atoms with Crippen LogP contribution in [0.3, 0.4) is 0 Å². The maximum Gasteiger partial charge on any atom is 0.255 e. The lowest BCUT2D eigenvalue weighted by Gasteiger charge is -2.35. The molecule has 1 aromatic rings. The van der Waals surface area contributed by atoms with Crippen LogP contribution < -0.4 is 11.1 Å². The fraction of sp³-hybridized carbons (Fsp3) is 0.550. The van der Waals surface area contributed by atoms with Gasteiger partial charge in [-0.15, -0.1) is 0 Å². The topological polar surface area (TPSA) is 95.7 Å². The lowest BCUT2D eigenvalue weighted by molar-refractivity contribution is -0.136. The zero-order valence-corrected chi connectivity index (χ0v) is 15.4. The van der Waals surface area contributed by atoms with Crippen molar-refractivity contribution in [2.45, 2.75) is 57.3 Å². The fourth-order valence-electron chi connectivity index (χ4n) is 4.58. The van der Waals surface area contributed by atoms with Gasteiger partial charge in [0.2, 0.25) is 11.8 Å². The second-order valence-electron chi connectivity index (χ2n) is 7.71. The highest BCUT2D eigenvalue weighted by molar-refractivity contribution is 6.05. The van der Waals surface area contributed by atoms with Gasteiger partial charge in [0, 0.05) is 37.7 Å². The quantitative estimate of drug-likeness (QED) is 0.763. The minimum Gasteiger partial charge on any atom is -0.329 e. The van der Waals surface area contributed by atoms with Gasteiger partial charge in [0.25, 0.3) is 5.91 Å². The highest BCUT2D eigenvalue weighted by Gasteiger charge is 2.40. The molecule has 3 aliphatic heterocycles. The molecule has 3 amide bonds. The van der Waals surface area contributed by atoms with Crippen LogP contribution in [0, 0.1) is 0 Å². The first-order valence-corrected chi connectivity index (χ1v) is 9.78. The smallest absolute Gasteiger partial charge is 0.255 e. The number of carbonyl (C=O) groups is 3. The average molecular weight is 370 g/mol. The Hall–Kier alpha value is -2.25. The van der Waals surface area contributed by atoms with Crippen LogP contribution in [0.1, 0.15) is 53.6 Å². The van der Waals surface area contributed by atoms with Crippen molar-refractivity contribution in [3.8, 4) is 0 Å². The average Bonchev–Trinajstić information content (AvgIpc) is 3.00. The number of nitrogens with one attached hydrogen (secondary N) is 1. The van der Waals surface area contributed by atoms with E-state index in [9.17, 15) is 14.4 Å². The Morgan fingerprint density at radius 2 is 2.00 bits per heavy atom. The SMILES string of the molecule is NCC1CCCCN1Cc1cccc2c1C(=O)N(C1CCC(=O)NC1=O)C2. The molecule has 144 valence electrons. The van der Waals surface area contributed by atoms with Gasteiger partial charge in [-0.2, -0.15) is 0 Å². The van der Waals surface area contributed by atoms with Crippen LogP contribution in [0.2, 0.25) is 0 Å². The molecule has 7 heteroatoms. The van der Waals surface area contributed by atoms with E-state index < -0.39 is 6.04 Å². The molecule has 4 rings (SSSR count). The van der Waals surface area contributed by atoms with Crippen molar-refractivity contribution < 1.29 is 14.4 Å². The number of carbonyl (C=O) groups excluding carboxylic acids is 3. The lowest BCUT2D eigenvalue weighted by atomic mass is 9.98. The summed E-state index contributed by atoms with van der Waals surface area (Å²) in [6.07, 6.45) is 4.12. The van der Waals surface area contributed by atoms with Gasteiger partial charge < -0.3 is 10.6 Å². The molecule has 1 aromatic carbocycles. The lowest BCUT2D eigenvalue weighted by Crippen LogP contribution is -2.52. The van der Waals surface area contributed by atoms with E-state index in [2.05, 4.69) is 10.2 Å². The van der Waals surface area contributed by atoms with E-state index in [0.717, 1.165) is 36.1 Å². The second kappa shape index (κ2) is 7.40. The normalized spacial score (nSPS) is 26.3. The molecule has 0 radical (unpaired) electrons. The molecule has 3 N–H and O–H groups in total. The minimum absolute atomic E-state index is 0.101. The van der Waals surface area contributed by atoms with Crippen molar-refractivity contribution in [3.05, 3.63) is 34.9 Å². The Morgan fingerprint density at radius 3 is 2.78 bits per heavy atom. The summed E-state index contributed by atoms with van der Waals surface area (Å²) in [5, 5.41) is 2.35. The molecule has 2 saturated heterocycles. The molecule has 0 bridgehead atoms. The summed E-state index contributed by atoms with van der Waals surface area (Å²) in [6, 6.07) is 5.74. The van der Waals surface area contributed by atoms with Crippen LogP contribution in [0.4, 0.5) is 0 Å². The predicted molar refractivity (Wildman–Crippen MR) is 99.6 cm³/mol. The first-order chi connectivity index (χ1) is 13.1. The van der Waals surface area contributed by atoms with E-state index in [1.54, 1.807) is 4.90 Å². The highest BCUT2D eigenvalue weighted by atomic mass is 16.2. The number of nitrogens with two attached hydrogens (primary N) is 1. The van der Waals surface area contributed by atoms with Crippen LogP contribution >= 0.6 is 0 Å². The number of imide groups is 1. The Labute approximate surface area is 158 Å². The monoisotopic (exact) mass is 370 g/mol. The third-order valence-electron chi connectivity index (χ3n) is 6.03. The van der Waals surface area contributed by atoms with Crippen LogP contribution in [0.5, 0.6) is 0 Å². The third kappa shape index (κ3) is 3.37. The number of hydrogen-bond donors (Lipinski definition) is 2. The van der Waals surface area contributed by atoms with Crippen molar-refractivity contribution in [1.82, 2.24) is 15.1 Å². The second-order valence-corrected chi connectivity index (χ2v) is 7.71. The van der Waals surface area contributed by atoms with E-state index in [0.29, 0.717) is 32.1 Å². The van der Waals surface area contributed by atoms with E-state index >= 15 is 0 Å².